The fourth-order valence-electron chi connectivity index (χ4n) is 2.19. The molecule has 1 heterocycles. The molecule has 6 heteroatoms. The average Bonchev–Trinajstić information content (AvgIpc) is 2.86. The standard InChI is InChI=1S/C14H25NO5/c1-10(2)7-15(8-13(16)17)14(18)11(3)20-9-12-5-4-6-19-12/h10-12H,4-9H2,1-3H3,(H,16,17). The van der Waals surface area contributed by atoms with E-state index >= 15 is 0 Å². The van der Waals surface area contributed by atoms with Crippen LogP contribution in [0.4, 0.5) is 0 Å². The zero-order chi connectivity index (χ0) is 15.1. The lowest BCUT2D eigenvalue weighted by atomic mass is 10.2. The van der Waals surface area contributed by atoms with E-state index in [1.807, 2.05) is 13.8 Å². The summed E-state index contributed by atoms with van der Waals surface area (Å²) < 4.78 is 11.0. The Morgan fingerprint density at radius 1 is 1.40 bits per heavy atom. The summed E-state index contributed by atoms with van der Waals surface area (Å²) in [6, 6.07) is 0. The van der Waals surface area contributed by atoms with E-state index in [1.54, 1.807) is 6.92 Å². The van der Waals surface area contributed by atoms with Crippen LogP contribution in [0.2, 0.25) is 0 Å². The van der Waals surface area contributed by atoms with Gasteiger partial charge in [-0.25, -0.2) is 0 Å². The summed E-state index contributed by atoms with van der Waals surface area (Å²) in [5.74, 6) is -1.08. The predicted molar refractivity (Wildman–Crippen MR) is 73.4 cm³/mol. The lowest BCUT2D eigenvalue weighted by Gasteiger charge is -2.26. The first-order valence-electron chi connectivity index (χ1n) is 7.14. The molecule has 1 amide bonds. The Labute approximate surface area is 120 Å². The molecule has 0 aromatic carbocycles. The minimum atomic E-state index is -1.01. The molecule has 0 aromatic rings. The number of carbonyl (C=O) groups is 2. The van der Waals surface area contributed by atoms with Crippen molar-refractivity contribution in [1.29, 1.82) is 0 Å². The second-order valence-electron chi connectivity index (χ2n) is 5.62. The van der Waals surface area contributed by atoms with Gasteiger partial charge in [-0.3, -0.25) is 9.59 Å². The quantitative estimate of drug-likeness (QED) is 0.724. The Balaban J connectivity index is 2.46. The van der Waals surface area contributed by atoms with E-state index in [0.29, 0.717) is 13.2 Å². The molecule has 0 spiro atoms. The van der Waals surface area contributed by atoms with E-state index in [2.05, 4.69) is 0 Å². The van der Waals surface area contributed by atoms with Gasteiger partial charge < -0.3 is 19.5 Å². The van der Waals surface area contributed by atoms with Crippen molar-refractivity contribution in [2.45, 2.75) is 45.8 Å². The predicted octanol–water partition coefficient (Wildman–Crippen LogP) is 1.14. The number of aliphatic carboxylic acids is 1. The summed E-state index contributed by atoms with van der Waals surface area (Å²) in [4.78, 5) is 24.4. The van der Waals surface area contributed by atoms with Crippen LogP contribution in [0.5, 0.6) is 0 Å². The SMILES string of the molecule is CC(C)CN(CC(=O)O)C(=O)C(C)OCC1CCCO1. The van der Waals surface area contributed by atoms with Crippen LogP contribution in [-0.2, 0) is 19.1 Å². The largest absolute Gasteiger partial charge is 0.480 e. The number of nitrogens with zero attached hydrogens (tertiary/aromatic N) is 1. The summed E-state index contributed by atoms with van der Waals surface area (Å²) in [5.41, 5.74) is 0. The maximum atomic E-state index is 12.2. The Kier molecular flexibility index (Phi) is 6.95. The van der Waals surface area contributed by atoms with Crippen LogP contribution in [0.1, 0.15) is 33.6 Å². The number of amides is 1. The molecular weight excluding hydrogens is 262 g/mol. The Bertz CT molecular complexity index is 326. The number of hydrogen-bond donors (Lipinski definition) is 1. The van der Waals surface area contributed by atoms with Crippen molar-refractivity contribution < 1.29 is 24.2 Å². The number of hydrogen-bond acceptors (Lipinski definition) is 4. The second-order valence-corrected chi connectivity index (χ2v) is 5.62. The smallest absolute Gasteiger partial charge is 0.323 e. The third kappa shape index (κ3) is 5.88. The van der Waals surface area contributed by atoms with Gasteiger partial charge >= 0.3 is 5.97 Å². The highest BCUT2D eigenvalue weighted by molar-refractivity contribution is 5.84. The summed E-state index contributed by atoms with van der Waals surface area (Å²) in [6.07, 6.45) is 1.39. The van der Waals surface area contributed by atoms with Crippen molar-refractivity contribution in [3.8, 4) is 0 Å². The van der Waals surface area contributed by atoms with Crippen LogP contribution in [-0.4, -0.2) is 60.4 Å². The van der Waals surface area contributed by atoms with Crippen molar-refractivity contribution in [3.63, 3.8) is 0 Å². The van der Waals surface area contributed by atoms with Crippen LogP contribution in [0.15, 0.2) is 0 Å². The molecule has 0 aromatic heterocycles. The van der Waals surface area contributed by atoms with Crippen LogP contribution in [0, 0.1) is 5.92 Å². The molecule has 1 aliphatic heterocycles. The highest BCUT2D eigenvalue weighted by atomic mass is 16.5. The van der Waals surface area contributed by atoms with Gasteiger partial charge in [-0.05, 0) is 25.7 Å². The Hall–Kier alpha value is -1.14. The van der Waals surface area contributed by atoms with Gasteiger partial charge in [0, 0.05) is 13.2 Å². The van der Waals surface area contributed by atoms with E-state index in [1.165, 1.54) is 4.90 Å². The van der Waals surface area contributed by atoms with Crippen LogP contribution >= 0.6 is 0 Å². The molecule has 20 heavy (non-hydrogen) atoms. The first-order valence-corrected chi connectivity index (χ1v) is 7.14. The summed E-state index contributed by atoms with van der Waals surface area (Å²) in [6.45, 7) is 6.81. The van der Waals surface area contributed by atoms with Gasteiger partial charge in [0.15, 0.2) is 0 Å². The fourth-order valence-corrected chi connectivity index (χ4v) is 2.19. The van der Waals surface area contributed by atoms with Crippen molar-refractivity contribution in [2.24, 2.45) is 5.92 Å². The molecule has 6 nitrogen and oxygen atoms in total. The van der Waals surface area contributed by atoms with Crippen molar-refractivity contribution in [1.82, 2.24) is 4.90 Å². The number of carboxylic acids is 1. The highest BCUT2D eigenvalue weighted by Gasteiger charge is 2.25. The third-order valence-corrected chi connectivity index (χ3v) is 3.13. The fraction of sp³-hybridized carbons (Fsp3) is 0.857. The molecule has 116 valence electrons. The third-order valence-electron chi connectivity index (χ3n) is 3.13. The minimum Gasteiger partial charge on any atom is -0.480 e. The number of rotatable bonds is 8. The maximum Gasteiger partial charge on any atom is 0.323 e. The van der Waals surface area contributed by atoms with Gasteiger partial charge in [-0.15, -0.1) is 0 Å². The first kappa shape index (κ1) is 16.9. The van der Waals surface area contributed by atoms with Crippen LogP contribution in [0.25, 0.3) is 0 Å². The summed E-state index contributed by atoms with van der Waals surface area (Å²) in [7, 11) is 0. The second kappa shape index (κ2) is 8.21. The lowest BCUT2D eigenvalue weighted by molar-refractivity contribution is -0.151. The molecule has 0 saturated carbocycles. The topological polar surface area (TPSA) is 76.1 Å². The van der Waals surface area contributed by atoms with Crippen LogP contribution < -0.4 is 0 Å². The van der Waals surface area contributed by atoms with Gasteiger partial charge in [0.05, 0.1) is 12.7 Å². The van der Waals surface area contributed by atoms with Crippen LogP contribution in [0.3, 0.4) is 0 Å². The van der Waals surface area contributed by atoms with E-state index in [4.69, 9.17) is 14.6 Å². The van der Waals surface area contributed by atoms with E-state index in [-0.39, 0.29) is 24.5 Å². The summed E-state index contributed by atoms with van der Waals surface area (Å²) in [5, 5.41) is 8.88. The van der Waals surface area contributed by atoms with Gasteiger partial charge in [0.1, 0.15) is 12.6 Å². The maximum absolute atomic E-state index is 12.2. The molecule has 0 radical (unpaired) electrons. The molecule has 2 unspecified atom stereocenters. The summed E-state index contributed by atoms with van der Waals surface area (Å²) >= 11 is 0. The van der Waals surface area contributed by atoms with Gasteiger partial charge in [-0.1, -0.05) is 13.8 Å². The molecule has 1 N–H and O–H groups in total. The van der Waals surface area contributed by atoms with Gasteiger partial charge in [-0.2, -0.15) is 0 Å². The zero-order valence-corrected chi connectivity index (χ0v) is 12.5. The molecule has 1 saturated heterocycles. The Morgan fingerprint density at radius 2 is 2.10 bits per heavy atom. The van der Waals surface area contributed by atoms with Crippen molar-refractivity contribution in [3.05, 3.63) is 0 Å². The van der Waals surface area contributed by atoms with Crippen molar-refractivity contribution in [2.75, 3.05) is 26.3 Å². The molecule has 0 aliphatic carbocycles. The minimum absolute atomic E-state index is 0.0586. The molecule has 1 rings (SSSR count). The van der Waals surface area contributed by atoms with E-state index in [0.717, 1.165) is 19.4 Å². The Morgan fingerprint density at radius 3 is 2.60 bits per heavy atom. The number of ether oxygens (including phenoxy) is 2. The lowest BCUT2D eigenvalue weighted by Crippen LogP contribution is -2.44. The first-order chi connectivity index (χ1) is 9.40. The monoisotopic (exact) mass is 287 g/mol. The van der Waals surface area contributed by atoms with Gasteiger partial charge in [0.25, 0.3) is 5.91 Å². The molecule has 1 fully saturated rings. The highest BCUT2D eigenvalue weighted by Crippen LogP contribution is 2.13. The van der Waals surface area contributed by atoms with Crippen molar-refractivity contribution >= 4 is 11.9 Å². The number of carbonyl (C=O) groups excluding carboxylic acids is 1. The normalized spacial score (nSPS) is 20.1. The van der Waals surface area contributed by atoms with E-state index in [9.17, 15) is 9.59 Å². The molecular formula is C14H25NO5. The molecule has 2 atom stereocenters. The van der Waals surface area contributed by atoms with Gasteiger partial charge in [0.2, 0.25) is 0 Å². The number of carboxylic acid groups (broad SMARTS) is 1. The molecule has 0 bridgehead atoms. The van der Waals surface area contributed by atoms with E-state index < -0.39 is 12.1 Å². The zero-order valence-electron chi connectivity index (χ0n) is 12.5. The average molecular weight is 287 g/mol. The molecule has 1 aliphatic rings.